The number of nitrogens with zero attached hydrogens (tertiary/aromatic N) is 3. The van der Waals surface area contributed by atoms with Crippen molar-refractivity contribution >= 4 is 27.4 Å². The number of aromatic nitrogens is 2. The van der Waals surface area contributed by atoms with E-state index >= 15 is 0 Å². The molecule has 0 saturated carbocycles. The Bertz CT molecular complexity index is 944. The number of piperidine rings is 3. The zero-order valence-electron chi connectivity index (χ0n) is 14.6. The molecule has 0 N–H and O–H groups in total. The third-order valence-corrected chi connectivity index (χ3v) is 6.78. The van der Waals surface area contributed by atoms with Gasteiger partial charge in [0.15, 0.2) is 5.78 Å². The van der Waals surface area contributed by atoms with Crippen LogP contribution in [-0.2, 0) is 0 Å². The molecular formula is C21H21N3OS. The lowest BCUT2D eigenvalue weighted by Crippen LogP contribution is -2.47. The van der Waals surface area contributed by atoms with E-state index in [2.05, 4.69) is 32.5 Å². The van der Waals surface area contributed by atoms with E-state index in [0.717, 1.165) is 33.7 Å². The molecule has 5 heterocycles. The van der Waals surface area contributed by atoms with Crippen molar-refractivity contribution in [3.63, 3.8) is 0 Å². The van der Waals surface area contributed by atoms with Crippen molar-refractivity contribution in [1.29, 1.82) is 0 Å². The molecule has 4 nitrogen and oxygen atoms in total. The number of hydrogen-bond donors (Lipinski definition) is 0. The molecule has 1 atom stereocenters. The van der Waals surface area contributed by atoms with E-state index in [1.54, 1.807) is 6.20 Å². The van der Waals surface area contributed by atoms with Gasteiger partial charge in [-0.1, -0.05) is 18.2 Å². The third kappa shape index (κ3) is 2.85. The van der Waals surface area contributed by atoms with Crippen LogP contribution in [0.2, 0.25) is 0 Å². The first-order valence-electron chi connectivity index (χ1n) is 9.33. The highest BCUT2D eigenvalue weighted by molar-refractivity contribution is 7.13. The Balaban J connectivity index is 1.40. The van der Waals surface area contributed by atoms with Crippen molar-refractivity contribution in [2.75, 3.05) is 19.6 Å². The molecule has 3 aliphatic rings. The molecule has 0 spiro atoms. The smallest absolute Gasteiger partial charge is 0.183 e. The van der Waals surface area contributed by atoms with Gasteiger partial charge in [-0.3, -0.25) is 9.78 Å². The number of carbonyl (C=O) groups is 1. The van der Waals surface area contributed by atoms with Crippen molar-refractivity contribution in [3.05, 3.63) is 48.4 Å². The normalized spacial score (nSPS) is 24.8. The lowest BCUT2D eigenvalue weighted by atomic mass is 9.76. The van der Waals surface area contributed by atoms with Crippen LogP contribution in [0, 0.1) is 11.8 Å². The van der Waals surface area contributed by atoms with Crippen molar-refractivity contribution in [2.45, 2.75) is 19.3 Å². The zero-order chi connectivity index (χ0) is 17.5. The van der Waals surface area contributed by atoms with Gasteiger partial charge in [-0.2, -0.15) is 4.37 Å². The first-order chi connectivity index (χ1) is 12.8. The Morgan fingerprint density at radius 1 is 1.19 bits per heavy atom. The van der Waals surface area contributed by atoms with Gasteiger partial charge in [-0.15, -0.1) is 0 Å². The summed E-state index contributed by atoms with van der Waals surface area (Å²) in [4.78, 5) is 19.6. The number of Topliss-reactive ketones (excluding diaryl/α,β-unsaturated/α-hetero) is 1. The quantitative estimate of drug-likeness (QED) is 0.649. The van der Waals surface area contributed by atoms with Crippen LogP contribution < -0.4 is 0 Å². The number of rotatable bonds is 4. The molecule has 26 heavy (non-hydrogen) atoms. The second-order valence-electron chi connectivity index (χ2n) is 7.51. The maximum Gasteiger partial charge on any atom is 0.183 e. The molecule has 3 aromatic rings. The lowest BCUT2D eigenvalue weighted by molar-refractivity contribution is 0.0440. The minimum Gasteiger partial charge on any atom is -0.303 e. The molecule has 3 saturated heterocycles. The molecule has 0 aliphatic carbocycles. The molecule has 0 radical (unpaired) electrons. The SMILES string of the molecule is O=C(C[C@H]1CN2CCC1CC2)c1nsc2cc(-c3cccnc3)ccc12. The summed E-state index contributed by atoms with van der Waals surface area (Å²) < 4.78 is 5.59. The Kier molecular flexibility index (Phi) is 4.06. The van der Waals surface area contributed by atoms with Crippen molar-refractivity contribution in [2.24, 2.45) is 11.8 Å². The van der Waals surface area contributed by atoms with Crippen LogP contribution in [0.15, 0.2) is 42.7 Å². The molecule has 1 aromatic carbocycles. The molecule has 5 heteroatoms. The molecule has 0 amide bonds. The highest BCUT2D eigenvalue weighted by Crippen LogP contribution is 2.36. The van der Waals surface area contributed by atoms with Gasteiger partial charge in [-0.25, -0.2) is 0 Å². The predicted molar refractivity (Wildman–Crippen MR) is 104 cm³/mol. The molecule has 6 rings (SSSR count). The second kappa shape index (κ2) is 6.56. The summed E-state index contributed by atoms with van der Waals surface area (Å²) in [6.45, 7) is 3.52. The molecule has 132 valence electrons. The van der Waals surface area contributed by atoms with Crippen molar-refractivity contribution in [3.8, 4) is 11.1 Å². The third-order valence-electron chi connectivity index (χ3n) is 5.97. The zero-order valence-corrected chi connectivity index (χ0v) is 15.4. The monoisotopic (exact) mass is 363 g/mol. The van der Waals surface area contributed by atoms with Gasteiger partial charge >= 0.3 is 0 Å². The minimum absolute atomic E-state index is 0.212. The van der Waals surface area contributed by atoms with E-state index < -0.39 is 0 Å². The molecule has 2 bridgehead atoms. The van der Waals surface area contributed by atoms with Crippen LogP contribution in [0.1, 0.15) is 29.8 Å². The number of hydrogen-bond acceptors (Lipinski definition) is 5. The first kappa shape index (κ1) is 16.1. The van der Waals surface area contributed by atoms with E-state index in [1.807, 2.05) is 18.3 Å². The molecule has 0 unspecified atom stereocenters. The maximum atomic E-state index is 12.9. The number of benzene rings is 1. The molecule has 3 aliphatic heterocycles. The van der Waals surface area contributed by atoms with Gasteiger partial charge in [0.05, 0.1) is 4.70 Å². The largest absolute Gasteiger partial charge is 0.303 e. The van der Waals surface area contributed by atoms with Gasteiger partial charge in [-0.05, 0) is 67.0 Å². The van der Waals surface area contributed by atoms with E-state index in [4.69, 9.17) is 0 Å². The van der Waals surface area contributed by atoms with E-state index in [9.17, 15) is 4.79 Å². The average Bonchev–Trinajstić information content (AvgIpc) is 3.13. The van der Waals surface area contributed by atoms with Gasteiger partial charge in [0.2, 0.25) is 0 Å². The van der Waals surface area contributed by atoms with Crippen molar-refractivity contribution in [1.82, 2.24) is 14.3 Å². The number of ketones is 1. The fraction of sp³-hybridized carbons (Fsp3) is 0.381. The van der Waals surface area contributed by atoms with Crippen LogP contribution in [0.4, 0.5) is 0 Å². The fourth-order valence-electron chi connectivity index (χ4n) is 4.51. The summed E-state index contributed by atoms with van der Waals surface area (Å²) >= 11 is 1.43. The summed E-state index contributed by atoms with van der Waals surface area (Å²) in [5.74, 6) is 1.45. The summed E-state index contributed by atoms with van der Waals surface area (Å²) in [5, 5.41) is 0.994. The van der Waals surface area contributed by atoms with E-state index in [0.29, 0.717) is 18.0 Å². The van der Waals surface area contributed by atoms with Crippen LogP contribution in [0.25, 0.3) is 21.2 Å². The van der Waals surface area contributed by atoms with Gasteiger partial charge in [0.25, 0.3) is 0 Å². The summed E-state index contributed by atoms with van der Waals surface area (Å²) in [6, 6.07) is 10.2. The highest BCUT2D eigenvalue weighted by atomic mass is 32.1. The van der Waals surface area contributed by atoms with E-state index in [1.165, 1.54) is 37.5 Å². The van der Waals surface area contributed by atoms with Gasteiger partial charge < -0.3 is 4.90 Å². The molecule has 3 fully saturated rings. The Morgan fingerprint density at radius 3 is 2.81 bits per heavy atom. The fourth-order valence-corrected chi connectivity index (χ4v) is 5.34. The van der Waals surface area contributed by atoms with Gasteiger partial charge in [0.1, 0.15) is 5.69 Å². The molecular weight excluding hydrogens is 342 g/mol. The van der Waals surface area contributed by atoms with Crippen LogP contribution >= 0.6 is 11.5 Å². The first-order valence-corrected chi connectivity index (χ1v) is 10.1. The minimum atomic E-state index is 0.212. The van der Waals surface area contributed by atoms with Crippen LogP contribution in [0.5, 0.6) is 0 Å². The average molecular weight is 363 g/mol. The topological polar surface area (TPSA) is 46.1 Å². The van der Waals surface area contributed by atoms with Crippen molar-refractivity contribution < 1.29 is 4.79 Å². The summed E-state index contributed by atoms with van der Waals surface area (Å²) in [6.07, 6.45) is 6.79. The standard InChI is InChI=1S/C21H21N3OS/c25-19(10-17-13-24-8-5-14(17)6-9-24)21-18-4-3-15(11-20(18)26-23-21)16-2-1-7-22-12-16/h1-4,7,11-12,14,17H,5-6,8-10,13H2/t17-/m0/s1. The van der Waals surface area contributed by atoms with Crippen LogP contribution in [0.3, 0.4) is 0 Å². The Hall–Kier alpha value is -2.11. The van der Waals surface area contributed by atoms with Gasteiger partial charge in [0, 0.05) is 36.3 Å². The van der Waals surface area contributed by atoms with E-state index in [-0.39, 0.29) is 5.78 Å². The Morgan fingerprint density at radius 2 is 2.08 bits per heavy atom. The predicted octanol–water partition coefficient (Wildman–Crippen LogP) is 4.27. The molecule has 2 aromatic heterocycles. The second-order valence-corrected chi connectivity index (χ2v) is 8.31. The summed E-state index contributed by atoms with van der Waals surface area (Å²) in [5.41, 5.74) is 2.87. The lowest BCUT2D eigenvalue weighted by Gasteiger charge is -2.44. The van der Waals surface area contributed by atoms with Crippen LogP contribution in [-0.4, -0.2) is 39.7 Å². The maximum absolute atomic E-state index is 12.9. The number of pyridine rings is 1. The summed E-state index contributed by atoms with van der Waals surface area (Å²) in [7, 11) is 0. The number of carbonyl (C=O) groups excluding carboxylic acids is 1. The highest BCUT2D eigenvalue weighted by Gasteiger charge is 2.35. The number of fused-ring (bicyclic) bond motifs is 4. The Labute approximate surface area is 157 Å².